The monoisotopic (exact) mass is 1500 g/mol. The predicted octanol–water partition coefficient (Wildman–Crippen LogP) is 29.7. The Morgan fingerprint density at radius 3 is 0.832 bits per heavy atom. The highest BCUT2D eigenvalue weighted by molar-refractivity contribution is 5.56. The largest absolute Gasteiger partial charge is 0.101 e. The molecule has 0 spiro atoms. The van der Waals surface area contributed by atoms with Gasteiger partial charge in [0.15, 0.2) is 0 Å². The van der Waals surface area contributed by atoms with Crippen LogP contribution < -0.4 is 0 Å². The van der Waals surface area contributed by atoms with Crippen LogP contribution in [0, 0.1) is 102 Å². The Hall–Kier alpha value is -9.76. The van der Waals surface area contributed by atoms with Crippen molar-refractivity contribution in [1.29, 1.82) is 0 Å². The number of hydrogen-bond donors (Lipinski definition) is 0. The molecule has 0 fully saturated rings. The highest BCUT2D eigenvalue weighted by Gasteiger charge is 2.29. The van der Waals surface area contributed by atoms with Gasteiger partial charge in [-0.1, -0.05) is 364 Å². The molecule has 0 atom stereocenters. The topological polar surface area (TPSA) is 0 Å². The second-order valence-corrected chi connectivity index (χ2v) is 38.9. The van der Waals surface area contributed by atoms with E-state index >= 15 is 0 Å². The van der Waals surface area contributed by atoms with Gasteiger partial charge in [0.1, 0.15) is 0 Å². The Morgan fingerprint density at radius 1 is 0.177 bits per heavy atom. The van der Waals surface area contributed by atoms with E-state index in [1.54, 1.807) is 0 Å². The van der Waals surface area contributed by atoms with Crippen LogP contribution in [0.1, 0.15) is 369 Å². The zero-order valence-electron chi connectivity index (χ0n) is 78.2. The SMILES string of the molecule is CC#Cc1c(C(C)(C)C)cc(C(C)(C)C)cc1C(C)(C)C.CC#Cc1cc(C(C)(C)C)cc(C(C)(C)C)c1.CC#Cc1ccc(C(C)(C)C)cc1.CC#Cc1ccc(C(C)(C)C)cc1C(C)(C)C.CC#Cc1ccc(C)cc1.CC#Cc1cccc(C(C)(C)C)c1.CC#Cc1ccccc1.CC#Cc1ccccc1C(C)(C)C. The highest BCUT2D eigenvalue weighted by Crippen LogP contribution is 2.39. The summed E-state index contributed by atoms with van der Waals surface area (Å²) in [4.78, 5) is 0. The van der Waals surface area contributed by atoms with E-state index in [-0.39, 0.29) is 54.1 Å². The van der Waals surface area contributed by atoms with E-state index in [4.69, 9.17) is 0 Å². The molecule has 598 valence electrons. The summed E-state index contributed by atoms with van der Waals surface area (Å²) in [5.74, 6) is 48.5. The van der Waals surface area contributed by atoms with Crippen molar-refractivity contribution in [1.82, 2.24) is 0 Å². The summed E-state index contributed by atoms with van der Waals surface area (Å²) in [7, 11) is 0. The maximum absolute atomic E-state index is 3.39. The van der Waals surface area contributed by atoms with Crippen LogP contribution in [0.5, 0.6) is 0 Å². The average molecular weight is 1500 g/mol. The first-order chi connectivity index (χ1) is 52.0. The molecule has 0 aliphatic carbocycles. The fourth-order valence-corrected chi connectivity index (χ4v) is 11.3. The highest BCUT2D eigenvalue weighted by atomic mass is 14.3. The van der Waals surface area contributed by atoms with Crippen LogP contribution in [-0.2, 0) is 54.1 Å². The standard InChI is InChI=1S/C21H32.2C17H24.3C13H16.C10H10.C9H8/c1-11-12-16-17(20(5,6)7)13-15(19(2,3)4)14-18(16)21(8,9)10;1-8-9-13-10-14(16(2,3)4)12-15(11-13)17(5,6)7;1-8-9-13-10-11-14(16(2,3)4)12-15(13)17(5,6)7;1-5-8-11-9-6-7-10-12(11)13(2,3)4;1-5-7-11-8-6-9-12(10-11)13(2,3)4;1-5-6-11-7-9-12(10-8-11)13(2,3)4;1-3-4-10-7-5-9(2)6-8-10;1-2-6-9-7-4-3-5-8-9/h13-14H,1-10H3;2*10-12H,1-7H3;6-7,9-10H,1-4H3;6,8-10H,1-4H3;7-10H,1-4H3;5-8H,1-2H3;3-5,7-8H,1H3. The lowest BCUT2D eigenvalue weighted by Gasteiger charge is -2.32. The smallest absolute Gasteiger partial charge is 0.0320 e. The van der Waals surface area contributed by atoms with Crippen LogP contribution in [0.4, 0.5) is 0 Å². The zero-order chi connectivity index (χ0) is 86.8. The molecule has 113 heavy (non-hydrogen) atoms. The third-order valence-corrected chi connectivity index (χ3v) is 18.1. The van der Waals surface area contributed by atoms with Crippen LogP contribution in [0.2, 0.25) is 0 Å². The average Bonchev–Trinajstić information content (AvgIpc) is 0.759. The molecule has 0 nitrogen and oxygen atoms in total. The second-order valence-electron chi connectivity index (χ2n) is 38.9. The number of hydrogen-bond acceptors (Lipinski definition) is 0. The minimum absolute atomic E-state index is 0.0977. The molecule has 0 amide bonds. The van der Waals surface area contributed by atoms with Gasteiger partial charge in [-0.15, -0.1) is 47.4 Å². The normalized spacial score (nSPS) is 10.9. The molecule has 8 rings (SSSR count). The molecule has 0 heteroatoms. The Balaban J connectivity index is 0.000000653. The quantitative estimate of drug-likeness (QED) is 0.133. The molecule has 0 unspecified atom stereocenters. The van der Waals surface area contributed by atoms with E-state index in [0.717, 1.165) is 38.9 Å². The predicted molar refractivity (Wildman–Crippen MR) is 504 cm³/mol. The number of benzene rings is 8. The van der Waals surface area contributed by atoms with Crippen LogP contribution in [0.3, 0.4) is 0 Å². The van der Waals surface area contributed by atoms with Crippen molar-refractivity contribution in [2.75, 3.05) is 0 Å². The van der Waals surface area contributed by atoms with Gasteiger partial charge in [0.05, 0.1) is 0 Å². The molecule has 0 aliphatic rings. The summed E-state index contributed by atoms with van der Waals surface area (Å²) in [6, 6.07) is 61.6. The Labute approximate surface area is 696 Å². The van der Waals surface area contributed by atoms with Crippen molar-refractivity contribution < 1.29 is 0 Å². The van der Waals surface area contributed by atoms with Crippen LogP contribution in [0.25, 0.3) is 0 Å². The second kappa shape index (κ2) is 45.2. The molecule has 0 saturated carbocycles. The van der Waals surface area contributed by atoms with Gasteiger partial charge in [-0.25, -0.2) is 0 Å². The van der Waals surface area contributed by atoms with Crippen molar-refractivity contribution in [3.05, 3.63) is 282 Å². The molecule has 8 aromatic carbocycles. The summed E-state index contributed by atoms with van der Waals surface area (Å²) >= 11 is 0. The molecule has 0 saturated heterocycles. The third-order valence-electron chi connectivity index (χ3n) is 18.1. The molecule has 0 aliphatic heterocycles. The van der Waals surface area contributed by atoms with Crippen molar-refractivity contribution >= 4 is 0 Å². The van der Waals surface area contributed by atoms with Gasteiger partial charge in [0, 0.05) is 44.5 Å². The van der Waals surface area contributed by atoms with Gasteiger partial charge in [-0.2, -0.15) is 0 Å². The molecule has 0 radical (unpaired) electrons. The molecule has 8 aromatic rings. The molecule has 0 bridgehead atoms. The first-order valence-corrected chi connectivity index (χ1v) is 40.3. The van der Waals surface area contributed by atoms with E-state index in [0.29, 0.717) is 0 Å². The van der Waals surface area contributed by atoms with Gasteiger partial charge in [-0.05, 0) is 245 Å². The third kappa shape index (κ3) is 38.1. The van der Waals surface area contributed by atoms with Crippen LogP contribution in [-0.4, -0.2) is 0 Å². The minimum Gasteiger partial charge on any atom is -0.101 e. The van der Waals surface area contributed by atoms with Crippen molar-refractivity contribution in [2.24, 2.45) is 0 Å². The molecule has 0 N–H and O–H groups in total. The maximum Gasteiger partial charge on any atom is 0.0320 e. The lowest BCUT2D eigenvalue weighted by molar-refractivity contribution is 0.546. The first-order valence-electron chi connectivity index (χ1n) is 40.3. The van der Waals surface area contributed by atoms with E-state index in [9.17, 15) is 0 Å². The fourth-order valence-electron chi connectivity index (χ4n) is 11.3. The Morgan fingerprint density at radius 2 is 0.460 bits per heavy atom. The van der Waals surface area contributed by atoms with E-state index in [1.807, 2.05) is 110 Å². The van der Waals surface area contributed by atoms with Gasteiger partial charge < -0.3 is 0 Å². The maximum atomic E-state index is 3.39. The van der Waals surface area contributed by atoms with Crippen molar-refractivity contribution in [3.8, 4) is 94.7 Å². The minimum atomic E-state index is 0.0977. The van der Waals surface area contributed by atoms with Crippen molar-refractivity contribution in [3.63, 3.8) is 0 Å². The molecular weight excluding hydrogens is 1360 g/mol. The van der Waals surface area contributed by atoms with Gasteiger partial charge >= 0.3 is 0 Å². The molecule has 0 heterocycles. The number of aryl methyl sites for hydroxylation is 1. The first kappa shape index (κ1) is 101. The van der Waals surface area contributed by atoms with Gasteiger partial charge in [0.2, 0.25) is 0 Å². The van der Waals surface area contributed by atoms with Gasteiger partial charge in [-0.3, -0.25) is 0 Å². The lowest BCUT2D eigenvalue weighted by Crippen LogP contribution is -2.23. The summed E-state index contributed by atoms with van der Waals surface area (Å²) in [5, 5.41) is 0. The van der Waals surface area contributed by atoms with E-state index in [2.05, 4.69) is 431 Å². The van der Waals surface area contributed by atoms with Crippen molar-refractivity contribution in [2.45, 2.75) is 324 Å². The summed E-state index contributed by atoms with van der Waals surface area (Å²) in [5.41, 5.74) is 25.6. The lowest BCUT2D eigenvalue weighted by atomic mass is 9.72. The zero-order valence-corrected chi connectivity index (χ0v) is 78.2. The fraction of sp³-hybridized carbons (Fsp3) is 0.434. The van der Waals surface area contributed by atoms with Crippen LogP contribution in [0.15, 0.2) is 176 Å². The Bertz CT molecular complexity index is 4770. The summed E-state index contributed by atoms with van der Waals surface area (Å²) in [6.07, 6.45) is 0. The van der Waals surface area contributed by atoms with Gasteiger partial charge in [0.25, 0.3) is 0 Å². The van der Waals surface area contributed by atoms with E-state index < -0.39 is 0 Å². The number of rotatable bonds is 0. The van der Waals surface area contributed by atoms with E-state index in [1.165, 1.54) is 66.8 Å². The molecule has 0 aromatic heterocycles. The Kier molecular flexibility index (Phi) is 40.5. The van der Waals surface area contributed by atoms with Crippen LogP contribution >= 0.6 is 0 Å². The summed E-state index contributed by atoms with van der Waals surface area (Å²) in [6.45, 7) is 84.5. The molecular formula is C113H146. The summed E-state index contributed by atoms with van der Waals surface area (Å²) < 4.78 is 0.